The molecule has 0 spiro atoms. The maximum atomic E-state index is 11.8. The van der Waals surface area contributed by atoms with Gasteiger partial charge in [0.1, 0.15) is 0 Å². The van der Waals surface area contributed by atoms with Crippen LogP contribution < -0.4 is 11.1 Å². The van der Waals surface area contributed by atoms with E-state index in [0.717, 1.165) is 12.0 Å². The fourth-order valence-corrected chi connectivity index (χ4v) is 1.66. The Labute approximate surface area is 106 Å². The molecule has 1 amide bonds. The topological polar surface area (TPSA) is 72.9 Å². The Bertz CT molecular complexity index is 530. The molecule has 0 aliphatic heterocycles. The fraction of sp³-hybridized carbons (Fsp3) is 0.231. The summed E-state index contributed by atoms with van der Waals surface area (Å²) in [5, 5.41) is 6.93. The molecule has 0 fully saturated rings. The number of carbonyl (C=O) groups is 1. The molecule has 0 aliphatic carbocycles. The van der Waals surface area contributed by atoms with Crippen molar-refractivity contribution in [3.63, 3.8) is 0 Å². The second kappa shape index (κ2) is 5.35. The molecule has 18 heavy (non-hydrogen) atoms. The second-order valence-corrected chi connectivity index (χ2v) is 4.15. The first kappa shape index (κ1) is 12.2. The van der Waals surface area contributed by atoms with E-state index in [0.29, 0.717) is 17.8 Å². The lowest BCUT2D eigenvalue weighted by molar-refractivity contribution is 0.0954. The van der Waals surface area contributed by atoms with Crippen LogP contribution in [0.15, 0.2) is 36.7 Å². The minimum absolute atomic E-state index is 0.0844. The first-order chi connectivity index (χ1) is 8.65. The molecular weight excluding hydrogens is 228 g/mol. The highest BCUT2D eigenvalue weighted by molar-refractivity contribution is 5.94. The fourth-order valence-electron chi connectivity index (χ4n) is 1.66. The van der Waals surface area contributed by atoms with E-state index in [9.17, 15) is 4.79 Å². The normalized spacial score (nSPS) is 10.3. The first-order valence-corrected chi connectivity index (χ1v) is 5.76. The summed E-state index contributed by atoms with van der Waals surface area (Å²) >= 11 is 0. The van der Waals surface area contributed by atoms with Crippen molar-refractivity contribution in [3.05, 3.63) is 47.8 Å². The molecule has 0 bridgehead atoms. The van der Waals surface area contributed by atoms with Crippen LogP contribution in [-0.4, -0.2) is 22.2 Å². The van der Waals surface area contributed by atoms with Crippen LogP contribution >= 0.6 is 0 Å². The van der Waals surface area contributed by atoms with Crippen LogP contribution in [0.3, 0.4) is 0 Å². The summed E-state index contributed by atoms with van der Waals surface area (Å²) < 4.78 is 1.75. The first-order valence-electron chi connectivity index (χ1n) is 5.76. The Morgan fingerprint density at radius 3 is 2.72 bits per heavy atom. The van der Waals surface area contributed by atoms with E-state index in [4.69, 9.17) is 5.73 Å². The molecule has 0 radical (unpaired) electrons. The maximum absolute atomic E-state index is 11.8. The number of rotatable bonds is 4. The SMILES string of the molecule is Cn1cc(CCNC(=O)c2ccc(N)cc2)cn1. The van der Waals surface area contributed by atoms with E-state index < -0.39 is 0 Å². The molecule has 0 atom stereocenters. The summed E-state index contributed by atoms with van der Waals surface area (Å²) in [6.07, 6.45) is 4.51. The standard InChI is InChI=1S/C13H16N4O/c1-17-9-10(8-16-17)6-7-15-13(18)11-2-4-12(14)5-3-11/h2-5,8-9H,6-7,14H2,1H3,(H,15,18). The number of nitrogen functional groups attached to an aromatic ring is 1. The van der Waals surface area contributed by atoms with Gasteiger partial charge in [-0.05, 0) is 36.2 Å². The summed E-state index contributed by atoms with van der Waals surface area (Å²) in [5.74, 6) is -0.0844. The van der Waals surface area contributed by atoms with Gasteiger partial charge in [0.25, 0.3) is 5.91 Å². The van der Waals surface area contributed by atoms with Crippen LogP contribution in [0, 0.1) is 0 Å². The van der Waals surface area contributed by atoms with Gasteiger partial charge in [0.2, 0.25) is 0 Å². The quantitative estimate of drug-likeness (QED) is 0.787. The van der Waals surface area contributed by atoms with Crippen molar-refractivity contribution in [2.75, 3.05) is 12.3 Å². The minimum atomic E-state index is -0.0844. The van der Waals surface area contributed by atoms with Gasteiger partial charge in [-0.2, -0.15) is 5.10 Å². The van der Waals surface area contributed by atoms with Crippen molar-refractivity contribution in [2.45, 2.75) is 6.42 Å². The van der Waals surface area contributed by atoms with Gasteiger partial charge >= 0.3 is 0 Å². The third-order valence-corrected chi connectivity index (χ3v) is 2.63. The lowest BCUT2D eigenvalue weighted by Gasteiger charge is -2.04. The number of amides is 1. The van der Waals surface area contributed by atoms with Crippen LogP contribution in [0.4, 0.5) is 5.69 Å². The van der Waals surface area contributed by atoms with Crippen molar-refractivity contribution in [2.24, 2.45) is 7.05 Å². The average Bonchev–Trinajstić information content (AvgIpc) is 2.76. The lowest BCUT2D eigenvalue weighted by atomic mass is 10.2. The lowest BCUT2D eigenvalue weighted by Crippen LogP contribution is -2.25. The van der Waals surface area contributed by atoms with Crippen molar-refractivity contribution >= 4 is 11.6 Å². The Balaban J connectivity index is 1.83. The van der Waals surface area contributed by atoms with Crippen molar-refractivity contribution in [1.29, 1.82) is 0 Å². The van der Waals surface area contributed by atoms with Crippen LogP contribution in [0.5, 0.6) is 0 Å². The van der Waals surface area contributed by atoms with E-state index in [1.807, 2.05) is 13.2 Å². The highest BCUT2D eigenvalue weighted by Gasteiger charge is 2.04. The van der Waals surface area contributed by atoms with E-state index in [1.54, 1.807) is 35.1 Å². The van der Waals surface area contributed by atoms with Gasteiger partial charge in [0.05, 0.1) is 6.20 Å². The molecular formula is C13H16N4O. The van der Waals surface area contributed by atoms with Gasteiger partial charge in [-0.25, -0.2) is 0 Å². The van der Waals surface area contributed by atoms with Crippen molar-refractivity contribution in [1.82, 2.24) is 15.1 Å². The highest BCUT2D eigenvalue weighted by atomic mass is 16.1. The number of nitrogens with one attached hydrogen (secondary N) is 1. The molecule has 0 saturated carbocycles. The Kier molecular flexibility index (Phi) is 3.62. The molecule has 0 saturated heterocycles. The summed E-state index contributed by atoms with van der Waals surface area (Å²) in [4.78, 5) is 11.8. The number of benzene rings is 1. The summed E-state index contributed by atoms with van der Waals surface area (Å²) in [6, 6.07) is 6.87. The zero-order valence-corrected chi connectivity index (χ0v) is 10.3. The molecule has 1 aromatic carbocycles. The molecule has 1 aromatic heterocycles. The number of nitrogens with zero attached hydrogens (tertiary/aromatic N) is 2. The van der Waals surface area contributed by atoms with Crippen LogP contribution in [0.1, 0.15) is 15.9 Å². The number of hydrogen-bond acceptors (Lipinski definition) is 3. The zero-order valence-electron chi connectivity index (χ0n) is 10.3. The van der Waals surface area contributed by atoms with Gasteiger partial charge in [0, 0.05) is 31.0 Å². The third-order valence-electron chi connectivity index (χ3n) is 2.63. The molecule has 94 valence electrons. The molecule has 5 nitrogen and oxygen atoms in total. The third kappa shape index (κ3) is 3.10. The average molecular weight is 244 g/mol. The Morgan fingerprint density at radius 2 is 2.11 bits per heavy atom. The van der Waals surface area contributed by atoms with Crippen molar-refractivity contribution < 1.29 is 4.79 Å². The highest BCUT2D eigenvalue weighted by Crippen LogP contribution is 2.05. The molecule has 1 heterocycles. The molecule has 5 heteroatoms. The van der Waals surface area contributed by atoms with Crippen LogP contribution in [0.25, 0.3) is 0 Å². The number of aromatic nitrogens is 2. The molecule has 0 aliphatic rings. The number of nitrogens with two attached hydrogens (primary N) is 1. The van der Waals surface area contributed by atoms with Crippen molar-refractivity contribution in [3.8, 4) is 0 Å². The predicted octanol–water partition coefficient (Wildman–Crippen LogP) is 0.975. The van der Waals surface area contributed by atoms with Gasteiger partial charge < -0.3 is 11.1 Å². The second-order valence-electron chi connectivity index (χ2n) is 4.15. The number of carbonyl (C=O) groups excluding carboxylic acids is 1. The summed E-state index contributed by atoms with van der Waals surface area (Å²) in [7, 11) is 1.87. The van der Waals surface area contributed by atoms with E-state index in [-0.39, 0.29) is 5.91 Å². The Hall–Kier alpha value is -2.30. The van der Waals surface area contributed by atoms with Crippen LogP contribution in [0.2, 0.25) is 0 Å². The van der Waals surface area contributed by atoms with E-state index >= 15 is 0 Å². The monoisotopic (exact) mass is 244 g/mol. The minimum Gasteiger partial charge on any atom is -0.399 e. The van der Waals surface area contributed by atoms with Gasteiger partial charge in [-0.15, -0.1) is 0 Å². The smallest absolute Gasteiger partial charge is 0.251 e. The number of aryl methyl sites for hydroxylation is 1. The number of anilines is 1. The molecule has 2 aromatic rings. The maximum Gasteiger partial charge on any atom is 0.251 e. The molecule has 0 unspecified atom stereocenters. The Morgan fingerprint density at radius 1 is 1.39 bits per heavy atom. The van der Waals surface area contributed by atoms with Gasteiger partial charge in [-0.1, -0.05) is 0 Å². The van der Waals surface area contributed by atoms with E-state index in [2.05, 4.69) is 10.4 Å². The number of hydrogen-bond donors (Lipinski definition) is 2. The molecule has 2 rings (SSSR count). The van der Waals surface area contributed by atoms with Gasteiger partial charge in [-0.3, -0.25) is 9.48 Å². The molecule has 3 N–H and O–H groups in total. The largest absolute Gasteiger partial charge is 0.399 e. The zero-order chi connectivity index (χ0) is 13.0. The van der Waals surface area contributed by atoms with Gasteiger partial charge in [0.15, 0.2) is 0 Å². The van der Waals surface area contributed by atoms with E-state index in [1.165, 1.54) is 0 Å². The van der Waals surface area contributed by atoms with Crippen LogP contribution in [-0.2, 0) is 13.5 Å². The summed E-state index contributed by atoms with van der Waals surface area (Å²) in [6.45, 7) is 0.592. The summed E-state index contributed by atoms with van der Waals surface area (Å²) in [5.41, 5.74) is 7.95. The predicted molar refractivity (Wildman–Crippen MR) is 70.1 cm³/mol.